The van der Waals surface area contributed by atoms with E-state index in [0.29, 0.717) is 23.9 Å². The summed E-state index contributed by atoms with van der Waals surface area (Å²) in [6, 6.07) is 0.324. The molecule has 0 aliphatic heterocycles. The quantitative estimate of drug-likeness (QED) is 0.778. The van der Waals surface area contributed by atoms with Crippen molar-refractivity contribution < 1.29 is 0 Å². The molecule has 5 heteroatoms. The van der Waals surface area contributed by atoms with Gasteiger partial charge in [-0.25, -0.2) is 4.68 Å². The SMILES string of the molecule is CC(C)CCn1nc(NC(C)C)nc1N. The molecule has 86 valence electrons. The van der Waals surface area contributed by atoms with Gasteiger partial charge in [-0.05, 0) is 26.2 Å². The molecule has 3 N–H and O–H groups in total. The minimum atomic E-state index is 0.324. The first kappa shape index (κ1) is 11.8. The molecular formula is C10H21N5. The summed E-state index contributed by atoms with van der Waals surface area (Å²) in [6.07, 6.45) is 1.06. The summed E-state index contributed by atoms with van der Waals surface area (Å²) >= 11 is 0. The van der Waals surface area contributed by atoms with Gasteiger partial charge in [0, 0.05) is 12.6 Å². The van der Waals surface area contributed by atoms with Crippen LogP contribution in [0.25, 0.3) is 0 Å². The van der Waals surface area contributed by atoms with Gasteiger partial charge in [-0.1, -0.05) is 13.8 Å². The van der Waals surface area contributed by atoms with Crippen LogP contribution in [0, 0.1) is 5.92 Å². The Balaban J connectivity index is 2.60. The standard InChI is InChI=1S/C10H21N5/c1-7(2)5-6-15-9(11)13-10(14-15)12-8(3)4/h7-8H,5-6H2,1-4H3,(H3,11,12,13,14). The Labute approximate surface area is 91.1 Å². The van der Waals surface area contributed by atoms with Crippen molar-refractivity contribution in [3.05, 3.63) is 0 Å². The first-order chi connectivity index (χ1) is 6.99. The maximum absolute atomic E-state index is 5.75. The van der Waals surface area contributed by atoms with E-state index in [1.807, 2.05) is 13.8 Å². The second-order valence-corrected chi connectivity index (χ2v) is 4.50. The number of hydrogen-bond acceptors (Lipinski definition) is 4. The van der Waals surface area contributed by atoms with Crippen molar-refractivity contribution in [1.82, 2.24) is 14.8 Å². The lowest BCUT2D eigenvalue weighted by Crippen LogP contribution is -2.11. The third-order valence-corrected chi connectivity index (χ3v) is 2.04. The van der Waals surface area contributed by atoms with Crippen LogP contribution in [0.15, 0.2) is 0 Å². The molecule has 0 fully saturated rings. The molecule has 0 aliphatic rings. The first-order valence-electron chi connectivity index (χ1n) is 5.46. The fraction of sp³-hybridized carbons (Fsp3) is 0.800. The number of aromatic nitrogens is 3. The van der Waals surface area contributed by atoms with Crippen molar-refractivity contribution >= 4 is 11.9 Å². The van der Waals surface area contributed by atoms with Gasteiger partial charge >= 0.3 is 0 Å². The van der Waals surface area contributed by atoms with E-state index in [-0.39, 0.29) is 0 Å². The van der Waals surface area contributed by atoms with Crippen molar-refractivity contribution in [3.63, 3.8) is 0 Å². The smallest absolute Gasteiger partial charge is 0.244 e. The van der Waals surface area contributed by atoms with Gasteiger partial charge in [-0.2, -0.15) is 4.98 Å². The topological polar surface area (TPSA) is 68.8 Å². The molecule has 0 saturated carbocycles. The number of nitrogens with one attached hydrogen (secondary N) is 1. The second kappa shape index (κ2) is 5.00. The van der Waals surface area contributed by atoms with E-state index in [4.69, 9.17) is 5.73 Å². The van der Waals surface area contributed by atoms with E-state index in [9.17, 15) is 0 Å². The molecule has 0 radical (unpaired) electrons. The highest BCUT2D eigenvalue weighted by Gasteiger charge is 2.07. The van der Waals surface area contributed by atoms with E-state index in [1.54, 1.807) is 4.68 Å². The molecule has 1 heterocycles. The number of hydrogen-bond donors (Lipinski definition) is 2. The van der Waals surface area contributed by atoms with Gasteiger partial charge in [0.1, 0.15) is 0 Å². The molecule has 0 aromatic carbocycles. The van der Waals surface area contributed by atoms with Crippen molar-refractivity contribution in [2.24, 2.45) is 5.92 Å². The lowest BCUT2D eigenvalue weighted by Gasteiger charge is -2.05. The monoisotopic (exact) mass is 211 g/mol. The van der Waals surface area contributed by atoms with Crippen LogP contribution in [-0.4, -0.2) is 20.8 Å². The number of nitrogens with two attached hydrogens (primary N) is 1. The molecule has 1 aromatic heterocycles. The third-order valence-electron chi connectivity index (χ3n) is 2.04. The Bertz CT molecular complexity index is 303. The van der Waals surface area contributed by atoms with Crippen LogP contribution in [0.3, 0.4) is 0 Å². The number of aryl methyl sites for hydroxylation is 1. The van der Waals surface area contributed by atoms with Gasteiger partial charge in [-0.15, -0.1) is 5.10 Å². The fourth-order valence-electron chi connectivity index (χ4n) is 1.22. The molecule has 5 nitrogen and oxygen atoms in total. The molecule has 15 heavy (non-hydrogen) atoms. The average molecular weight is 211 g/mol. The summed E-state index contributed by atoms with van der Waals surface area (Å²) in [5.41, 5.74) is 5.75. The minimum absolute atomic E-state index is 0.324. The van der Waals surface area contributed by atoms with E-state index in [1.165, 1.54) is 0 Å². The van der Waals surface area contributed by atoms with E-state index in [2.05, 4.69) is 29.2 Å². The zero-order valence-corrected chi connectivity index (χ0v) is 9.99. The predicted molar refractivity (Wildman–Crippen MR) is 62.6 cm³/mol. The van der Waals surface area contributed by atoms with Crippen molar-refractivity contribution in [2.45, 2.75) is 46.7 Å². The predicted octanol–water partition coefficient (Wildman–Crippen LogP) is 1.73. The summed E-state index contributed by atoms with van der Waals surface area (Å²) in [5.74, 6) is 1.75. The summed E-state index contributed by atoms with van der Waals surface area (Å²) in [5, 5.41) is 7.42. The van der Waals surface area contributed by atoms with Crippen LogP contribution in [-0.2, 0) is 6.54 Å². The molecule has 0 amide bonds. The molecule has 1 aromatic rings. The number of rotatable bonds is 5. The maximum Gasteiger partial charge on any atom is 0.244 e. The Morgan fingerprint density at radius 3 is 2.53 bits per heavy atom. The summed E-state index contributed by atoms with van der Waals surface area (Å²) < 4.78 is 1.75. The molecule has 0 saturated heterocycles. The van der Waals surface area contributed by atoms with E-state index in [0.717, 1.165) is 13.0 Å². The van der Waals surface area contributed by atoms with Gasteiger partial charge in [0.2, 0.25) is 11.9 Å². The molecule has 0 aliphatic carbocycles. The summed E-state index contributed by atoms with van der Waals surface area (Å²) in [6.45, 7) is 9.28. The lowest BCUT2D eigenvalue weighted by molar-refractivity contribution is 0.491. The molecular weight excluding hydrogens is 190 g/mol. The molecule has 0 bridgehead atoms. The fourth-order valence-corrected chi connectivity index (χ4v) is 1.22. The highest BCUT2D eigenvalue weighted by Crippen LogP contribution is 2.09. The van der Waals surface area contributed by atoms with Gasteiger partial charge in [0.05, 0.1) is 0 Å². The van der Waals surface area contributed by atoms with E-state index >= 15 is 0 Å². The number of anilines is 2. The van der Waals surface area contributed by atoms with Crippen molar-refractivity contribution in [1.29, 1.82) is 0 Å². The molecule has 0 unspecified atom stereocenters. The van der Waals surface area contributed by atoms with Crippen LogP contribution >= 0.6 is 0 Å². The van der Waals surface area contributed by atoms with E-state index < -0.39 is 0 Å². The Morgan fingerprint density at radius 1 is 1.33 bits per heavy atom. The minimum Gasteiger partial charge on any atom is -0.368 e. The lowest BCUT2D eigenvalue weighted by atomic mass is 10.1. The largest absolute Gasteiger partial charge is 0.368 e. The van der Waals surface area contributed by atoms with Crippen molar-refractivity contribution in [2.75, 3.05) is 11.1 Å². The maximum atomic E-state index is 5.75. The first-order valence-corrected chi connectivity index (χ1v) is 5.46. The normalized spacial score (nSPS) is 11.3. The van der Waals surface area contributed by atoms with Crippen LogP contribution in [0.4, 0.5) is 11.9 Å². The van der Waals surface area contributed by atoms with Gasteiger partial charge in [-0.3, -0.25) is 0 Å². The highest BCUT2D eigenvalue weighted by molar-refractivity contribution is 5.31. The van der Waals surface area contributed by atoms with Crippen LogP contribution in [0.5, 0.6) is 0 Å². The van der Waals surface area contributed by atoms with Crippen LogP contribution < -0.4 is 11.1 Å². The average Bonchev–Trinajstić information content (AvgIpc) is 2.41. The van der Waals surface area contributed by atoms with Gasteiger partial charge in [0.15, 0.2) is 0 Å². The highest BCUT2D eigenvalue weighted by atomic mass is 15.4. The number of nitrogen functional groups attached to an aromatic ring is 1. The second-order valence-electron chi connectivity index (χ2n) is 4.50. The molecule has 1 rings (SSSR count). The number of nitrogens with zero attached hydrogens (tertiary/aromatic N) is 3. The van der Waals surface area contributed by atoms with Crippen LogP contribution in [0.1, 0.15) is 34.1 Å². The molecule has 0 atom stereocenters. The Hall–Kier alpha value is -1.26. The summed E-state index contributed by atoms with van der Waals surface area (Å²) in [4.78, 5) is 4.15. The van der Waals surface area contributed by atoms with Crippen molar-refractivity contribution in [3.8, 4) is 0 Å². The Kier molecular flexibility index (Phi) is 3.94. The zero-order valence-electron chi connectivity index (χ0n) is 9.99. The summed E-state index contributed by atoms with van der Waals surface area (Å²) in [7, 11) is 0. The molecule has 0 spiro atoms. The van der Waals surface area contributed by atoms with Crippen LogP contribution in [0.2, 0.25) is 0 Å². The Morgan fingerprint density at radius 2 is 2.00 bits per heavy atom. The van der Waals surface area contributed by atoms with Gasteiger partial charge < -0.3 is 11.1 Å². The third kappa shape index (κ3) is 3.77. The zero-order chi connectivity index (χ0) is 11.4. The van der Waals surface area contributed by atoms with Gasteiger partial charge in [0.25, 0.3) is 0 Å².